The second-order valence-electron chi connectivity index (χ2n) is 4.13. The van der Waals surface area contributed by atoms with Gasteiger partial charge in [-0.05, 0) is 42.1 Å². The molecule has 0 saturated heterocycles. The van der Waals surface area contributed by atoms with Crippen molar-refractivity contribution in [3.63, 3.8) is 0 Å². The van der Waals surface area contributed by atoms with Crippen molar-refractivity contribution in [2.45, 2.75) is 10.4 Å². The van der Waals surface area contributed by atoms with E-state index in [0.717, 1.165) is 0 Å². The van der Waals surface area contributed by atoms with Gasteiger partial charge in [0, 0.05) is 15.6 Å². The van der Waals surface area contributed by atoms with Crippen molar-refractivity contribution in [2.24, 2.45) is 0 Å². The number of rotatable bonds is 3. The number of hydrogen-bond donors (Lipinski definition) is 2. The fourth-order valence-corrected chi connectivity index (χ4v) is 2.45. The minimum atomic E-state index is -4.43. The lowest BCUT2D eigenvalue weighted by molar-refractivity contribution is -0.0328. The van der Waals surface area contributed by atoms with E-state index in [-0.39, 0.29) is 22.3 Å². The van der Waals surface area contributed by atoms with Crippen molar-refractivity contribution < 1.29 is 18.0 Å². The van der Waals surface area contributed by atoms with Gasteiger partial charge in [-0.15, -0.1) is 0 Å². The number of carbonyl (C=O) groups excluding carboxylic acids is 1. The van der Waals surface area contributed by atoms with Gasteiger partial charge >= 0.3 is 11.5 Å². The van der Waals surface area contributed by atoms with Gasteiger partial charge in [0.15, 0.2) is 0 Å². The summed E-state index contributed by atoms with van der Waals surface area (Å²) in [6.45, 7) is 0. The fraction of sp³-hybridized carbons (Fsp3) is 0.0714. The molecule has 3 nitrogen and oxygen atoms in total. The third-order valence-corrected chi connectivity index (χ3v) is 3.49. The van der Waals surface area contributed by atoms with Gasteiger partial charge in [-0.2, -0.15) is 13.2 Å². The Morgan fingerprint density at radius 2 is 1.77 bits per heavy atom. The second-order valence-corrected chi connectivity index (χ2v) is 5.68. The molecule has 8 heteroatoms. The highest BCUT2D eigenvalue weighted by Gasteiger charge is 2.30. The van der Waals surface area contributed by atoms with Crippen molar-refractivity contribution in [1.29, 1.82) is 0 Å². The fourth-order valence-electron chi connectivity index (χ4n) is 1.63. The molecule has 2 rings (SSSR count). The molecule has 0 bridgehead atoms. The lowest BCUT2D eigenvalue weighted by Crippen LogP contribution is -2.20. The zero-order valence-corrected chi connectivity index (χ0v) is 12.5. The van der Waals surface area contributed by atoms with Gasteiger partial charge in [-0.1, -0.05) is 29.8 Å². The molecule has 0 spiro atoms. The molecule has 0 fully saturated rings. The van der Waals surface area contributed by atoms with Crippen LogP contribution in [-0.4, -0.2) is 11.5 Å². The van der Waals surface area contributed by atoms with Crippen LogP contribution in [0.4, 0.5) is 29.3 Å². The number of amides is 2. The molecule has 0 atom stereocenters. The molecule has 0 aliphatic heterocycles. The Morgan fingerprint density at radius 3 is 2.45 bits per heavy atom. The van der Waals surface area contributed by atoms with Crippen LogP contribution < -0.4 is 10.6 Å². The first kappa shape index (κ1) is 16.5. The first-order chi connectivity index (χ1) is 10.3. The van der Waals surface area contributed by atoms with Crippen LogP contribution in [0.2, 0.25) is 5.02 Å². The summed E-state index contributed by atoms with van der Waals surface area (Å²) < 4.78 is 37.4. The van der Waals surface area contributed by atoms with Crippen molar-refractivity contribution in [3.05, 3.63) is 53.6 Å². The normalized spacial score (nSPS) is 11.1. The summed E-state index contributed by atoms with van der Waals surface area (Å²) in [6.07, 6.45) is 0. The predicted octanol–water partition coefficient (Wildman–Crippen LogP) is 5.60. The van der Waals surface area contributed by atoms with Crippen LogP contribution in [0.15, 0.2) is 53.4 Å². The summed E-state index contributed by atoms with van der Waals surface area (Å²) in [5.74, 6) is 0. The van der Waals surface area contributed by atoms with Crippen LogP contribution in [0.5, 0.6) is 0 Å². The second kappa shape index (κ2) is 6.93. The number of carbonyl (C=O) groups is 1. The molecular weight excluding hydrogens is 337 g/mol. The molecule has 0 saturated carbocycles. The number of nitrogens with one attached hydrogen (secondary N) is 2. The average molecular weight is 347 g/mol. The molecule has 2 aromatic rings. The Kier molecular flexibility index (Phi) is 5.20. The highest BCUT2D eigenvalue weighted by atomic mass is 35.5. The number of anilines is 2. The molecule has 0 aliphatic carbocycles. The lowest BCUT2D eigenvalue weighted by Gasteiger charge is -2.13. The lowest BCUT2D eigenvalue weighted by atomic mass is 10.3. The van der Waals surface area contributed by atoms with Gasteiger partial charge in [0.25, 0.3) is 0 Å². The van der Waals surface area contributed by atoms with Crippen LogP contribution >= 0.6 is 23.4 Å². The van der Waals surface area contributed by atoms with E-state index < -0.39 is 11.5 Å². The number of thioether (sulfide) groups is 1. The standard InChI is InChI=1S/C14H10ClF3N2OS/c15-9-4-3-5-10(8-9)19-13(21)20-11-6-1-2-7-12(11)22-14(16,17)18/h1-8H,(H2,19,20,21). The monoisotopic (exact) mass is 346 g/mol. The maximum Gasteiger partial charge on any atom is 0.446 e. The van der Waals surface area contributed by atoms with Crippen molar-refractivity contribution in [1.82, 2.24) is 0 Å². The zero-order valence-electron chi connectivity index (χ0n) is 10.9. The molecule has 0 unspecified atom stereocenters. The highest BCUT2D eigenvalue weighted by molar-refractivity contribution is 8.00. The van der Waals surface area contributed by atoms with E-state index >= 15 is 0 Å². The van der Waals surface area contributed by atoms with Crippen LogP contribution in [0.3, 0.4) is 0 Å². The van der Waals surface area contributed by atoms with Crippen molar-refractivity contribution in [3.8, 4) is 0 Å². The van der Waals surface area contributed by atoms with Crippen LogP contribution in [0, 0.1) is 0 Å². The van der Waals surface area contributed by atoms with Crippen molar-refractivity contribution >= 4 is 40.8 Å². The minimum absolute atomic E-state index is 0.0735. The minimum Gasteiger partial charge on any atom is -0.308 e. The van der Waals surface area contributed by atoms with Crippen LogP contribution in [-0.2, 0) is 0 Å². The molecule has 0 heterocycles. The van der Waals surface area contributed by atoms with E-state index in [1.54, 1.807) is 18.2 Å². The highest BCUT2D eigenvalue weighted by Crippen LogP contribution is 2.40. The van der Waals surface area contributed by atoms with E-state index in [2.05, 4.69) is 10.6 Å². The number of alkyl halides is 3. The number of urea groups is 1. The summed E-state index contributed by atoms with van der Waals surface area (Å²) in [4.78, 5) is 11.8. The van der Waals surface area contributed by atoms with Gasteiger partial charge < -0.3 is 10.6 Å². The predicted molar refractivity (Wildman–Crippen MR) is 82.4 cm³/mol. The Hall–Kier alpha value is -1.86. The first-order valence-corrected chi connectivity index (χ1v) is 7.21. The van der Waals surface area contributed by atoms with Crippen LogP contribution in [0.25, 0.3) is 0 Å². The number of halogens is 4. The van der Waals surface area contributed by atoms with Gasteiger partial charge in [0.05, 0.1) is 5.69 Å². The topological polar surface area (TPSA) is 41.1 Å². The molecule has 2 aromatic carbocycles. The van der Waals surface area contributed by atoms with Gasteiger partial charge in [0.1, 0.15) is 0 Å². The largest absolute Gasteiger partial charge is 0.446 e. The maximum atomic E-state index is 12.5. The summed E-state index contributed by atoms with van der Waals surface area (Å²) >= 11 is 5.50. The smallest absolute Gasteiger partial charge is 0.308 e. The Labute approximate surface area is 133 Å². The first-order valence-electron chi connectivity index (χ1n) is 6.02. The average Bonchev–Trinajstić information content (AvgIpc) is 2.39. The molecule has 2 N–H and O–H groups in total. The molecule has 2 amide bonds. The van der Waals surface area contributed by atoms with E-state index in [1.165, 1.54) is 30.3 Å². The van der Waals surface area contributed by atoms with Gasteiger partial charge in [-0.3, -0.25) is 0 Å². The van der Waals surface area contributed by atoms with Crippen LogP contribution in [0.1, 0.15) is 0 Å². The Morgan fingerprint density at radius 1 is 1.05 bits per heavy atom. The van der Waals surface area contributed by atoms with E-state index in [4.69, 9.17) is 11.6 Å². The molecule has 0 aliphatic rings. The summed E-state index contributed by atoms with van der Waals surface area (Å²) in [6, 6.07) is 11.4. The summed E-state index contributed by atoms with van der Waals surface area (Å²) in [7, 11) is 0. The quantitative estimate of drug-likeness (QED) is 0.711. The molecular formula is C14H10ClF3N2OS. The Balaban J connectivity index is 2.08. The SMILES string of the molecule is O=C(Nc1cccc(Cl)c1)Nc1ccccc1SC(F)(F)F. The van der Waals surface area contributed by atoms with E-state index in [9.17, 15) is 18.0 Å². The third kappa shape index (κ3) is 5.16. The molecule has 0 aromatic heterocycles. The zero-order chi connectivity index (χ0) is 16.2. The Bertz CT molecular complexity index is 679. The van der Waals surface area contributed by atoms with Crippen molar-refractivity contribution in [2.75, 3.05) is 10.6 Å². The molecule has 0 radical (unpaired) electrons. The third-order valence-electron chi connectivity index (χ3n) is 2.44. The summed E-state index contributed by atoms with van der Waals surface area (Å²) in [5.41, 5.74) is -3.92. The molecule has 22 heavy (non-hydrogen) atoms. The number of para-hydroxylation sites is 1. The van der Waals surface area contributed by atoms with Gasteiger partial charge in [-0.25, -0.2) is 4.79 Å². The number of hydrogen-bond acceptors (Lipinski definition) is 2. The van der Waals surface area contributed by atoms with E-state index in [0.29, 0.717) is 10.7 Å². The molecule has 116 valence electrons. The maximum absolute atomic E-state index is 12.5. The van der Waals surface area contributed by atoms with Gasteiger partial charge in [0.2, 0.25) is 0 Å². The van der Waals surface area contributed by atoms with E-state index in [1.807, 2.05) is 0 Å². The summed E-state index contributed by atoms with van der Waals surface area (Å²) in [5, 5.41) is 5.32. The number of benzene rings is 2.